The van der Waals surface area contributed by atoms with Crippen molar-refractivity contribution in [3.63, 3.8) is 0 Å². The highest BCUT2D eigenvalue weighted by atomic mass is 32.1. The molecule has 1 aliphatic carbocycles. The number of aliphatic hydroxyl groups is 1. The summed E-state index contributed by atoms with van der Waals surface area (Å²) in [5.74, 6) is 0.748. The van der Waals surface area contributed by atoms with Gasteiger partial charge in [-0.15, -0.1) is 11.3 Å². The fourth-order valence-electron chi connectivity index (χ4n) is 1.91. The van der Waals surface area contributed by atoms with Crippen molar-refractivity contribution in [2.24, 2.45) is 0 Å². The molecule has 0 saturated heterocycles. The van der Waals surface area contributed by atoms with Gasteiger partial charge in [-0.25, -0.2) is 4.98 Å². The fourth-order valence-corrected chi connectivity index (χ4v) is 3.02. The average Bonchev–Trinajstić information content (AvgIpc) is 2.98. The van der Waals surface area contributed by atoms with Gasteiger partial charge in [0.15, 0.2) is 0 Å². The zero-order valence-electron chi connectivity index (χ0n) is 10.9. The number of aliphatic hydroxyl groups excluding tert-OH is 1. The van der Waals surface area contributed by atoms with E-state index in [1.165, 1.54) is 22.7 Å². The lowest BCUT2D eigenvalue weighted by atomic mass is 10.2. The molecule has 1 aliphatic rings. The second kappa shape index (κ2) is 5.46. The summed E-state index contributed by atoms with van der Waals surface area (Å²) in [5, 5.41) is 10.8. The molecule has 1 saturated carbocycles. The zero-order chi connectivity index (χ0) is 12.4. The molecule has 1 unspecified atom stereocenters. The van der Waals surface area contributed by atoms with Crippen LogP contribution in [-0.2, 0) is 6.54 Å². The molecular weight excluding hydrogens is 232 g/mol. The Morgan fingerprint density at radius 1 is 1.47 bits per heavy atom. The van der Waals surface area contributed by atoms with Crippen molar-refractivity contribution in [3.8, 4) is 0 Å². The Morgan fingerprint density at radius 3 is 2.71 bits per heavy atom. The molecule has 96 valence electrons. The van der Waals surface area contributed by atoms with Gasteiger partial charge in [0, 0.05) is 36.1 Å². The van der Waals surface area contributed by atoms with E-state index >= 15 is 0 Å². The maximum Gasteiger partial charge on any atom is 0.0959 e. The van der Waals surface area contributed by atoms with Crippen LogP contribution in [0.25, 0.3) is 0 Å². The Kier molecular flexibility index (Phi) is 4.17. The van der Waals surface area contributed by atoms with E-state index in [1.807, 2.05) is 24.5 Å². The quantitative estimate of drug-likeness (QED) is 0.848. The Hall–Kier alpha value is -0.450. The van der Waals surface area contributed by atoms with Crippen molar-refractivity contribution in [1.82, 2.24) is 9.88 Å². The van der Waals surface area contributed by atoms with E-state index in [-0.39, 0.29) is 6.10 Å². The summed E-state index contributed by atoms with van der Waals surface area (Å²) >= 11 is 1.84. The molecule has 0 amide bonds. The molecule has 1 aromatic rings. The Labute approximate surface area is 107 Å². The summed E-state index contributed by atoms with van der Waals surface area (Å²) in [5.41, 5.74) is 0. The minimum atomic E-state index is -0.270. The first kappa shape index (κ1) is 13.0. The monoisotopic (exact) mass is 254 g/mol. The summed E-state index contributed by atoms with van der Waals surface area (Å²) in [7, 11) is 0. The van der Waals surface area contributed by atoms with Gasteiger partial charge < -0.3 is 5.11 Å². The largest absolute Gasteiger partial charge is 0.392 e. The van der Waals surface area contributed by atoms with Crippen LogP contribution in [-0.4, -0.2) is 33.7 Å². The van der Waals surface area contributed by atoms with Crippen LogP contribution in [0.1, 0.15) is 49.4 Å². The van der Waals surface area contributed by atoms with Crippen molar-refractivity contribution in [1.29, 1.82) is 0 Å². The first-order valence-electron chi connectivity index (χ1n) is 6.43. The number of aromatic nitrogens is 1. The highest BCUT2D eigenvalue weighted by molar-refractivity contribution is 7.11. The molecule has 1 atom stereocenters. The molecule has 3 nitrogen and oxygen atoms in total. The standard InChI is InChI=1S/C13H22N2OS/c1-9(2)15(7-10(3)16)8-12-6-14-13(17-12)11-4-5-11/h6,9-11,16H,4-5,7-8H2,1-3H3. The predicted molar refractivity (Wildman–Crippen MR) is 71.3 cm³/mol. The fraction of sp³-hybridized carbons (Fsp3) is 0.769. The van der Waals surface area contributed by atoms with Crippen LogP contribution < -0.4 is 0 Å². The van der Waals surface area contributed by atoms with Crippen LogP contribution in [0.4, 0.5) is 0 Å². The summed E-state index contributed by atoms with van der Waals surface area (Å²) in [6.07, 6.45) is 4.37. The lowest BCUT2D eigenvalue weighted by Gasteiger charge is -2.26. The molecular formula is C13H22N2OS. The molecule has 1 aromatic heterocycles. The van der Waals surface area contributed by atoms with Gasteiger partial charge in [-0.1, -0.05) is 0 Å². The molecule has 2 rings (SSSR count). The third-order valence-electron chi connectivity index (χ3n) is 3.09. The zero-order valence-corrected chi connectivity index (χ0v) is 11.7. The lowest BCUT2D eigenvalue weighted by Crippen LogP contribution is -2.35. The van der Waals surface area contributed by atoms with Gasteiger partial charge in [-0.05, 0) is 33.6 Å². The molecule has 0 spiro atoms. The first-order chi connectivity index (χ1) is 8.06. The summed E-state index contributed by atoms with van der Waals surface area (Å²) in [6, 6.07) is 0.455. The number of thiazole rings is 1. The van der Waals surface area contributed by atoms with Gasteiger partial charge in [-0.2, -0.15) is 0 Å². The van der Waals surface area contributed by atoms with E-state index in [1.54, 1.807) is 0 Å². The molecule has 0 bridgehead atoms. The second-order valence-electron chi connectivity index (χ2n) is 5.31. The molecule has 1 N–H and O–H groups in total. The number of nitrogens with zero attached hydrogens (tertiary/aromatic N) is 2. The highest BCUT2D eigenvalue weighted by Crippen LogP contribution is 2.41. The van der Waals surface area contributed by atoms with Crippen LogP contribution in [0, 0.1) is 0 Å². The molecule has 4 heteroatoms. The van der Waals surface area contributed by atoms with E-state index < -0.39 is 0 Å². The van der Waals surface area contributed by atoms with Crippen LogP contribution >= 0.6 is 11.3 Å². The van der Waals surface area contributed by atoms with E-state index in [2.05, 4.69) is 23.7 Å². The third-order valence-corrected chi connectivity index (χ3v) is 4.23. The Balaban J connectivity index is 1.95. The van der Waals surface area contributed by atoms with Gasteiger partial charge in [0.25, 0.3) is 0 Å². The topological polar surface area (TPSA) is 36.4 Å². The smallest absolute Gasteiger partial charge is 0.0959 e. The van der Waals surface area contributed by atoms with Crippen molar-refractivity contribution in [3.05, 3.63) is 16.1 Å². The number of hydrogen-bond acceptors (Lipinski definition) is 4. The average molecular weight is 254 g/mol. The molecule has 0 aliphatic heterocycles. The van der Waals surface area contributed by atoms with Gasteiger partial charge in [0.05, 0.1) is 11.1 Å². The third kappa shape index (κ3) is 3.76. The van der Waals surface area contributed by atoms with E-state index in [0.29, 0.717) is 6.04 Å². The van der Waals surface area contributed by atoms with Gasteiger partial charge in [0.1, 0.15) is 0 Å². The van der Waals surface area contributed by atoms with Crippen LogP contribution in [0.3, 0.4) is 0 Å². The second-order valence-corrected chi connectivity index (χ2v) is 6.46. The summed E-state index contributed by atoms with van der Waals surface area (Å²) < 4.78 is 0. The van der Waals surface area contributed by atoms with Crippen molar-refractivity contribution in [2.75, 3.05) is 6.54 Å². The maximum absolute atomic E-state index is 9.50. The number of hydrogen-bond donors (Lipinski definition) is 1. The van der Waals surface area contributed by atoms with Crippen LogP contribution in [0.2, 0.25) is 0 Å². The lowest BCUT2D eigenvalue weighted by molar-refractivity contribution is 0.103. The predicted octanol–water partition coefficient (Wildman–Crippen LogP) is 2.61. The van der Waals surface area contributed by atoms with Crippen molar-refractivity contribution in [2.45, 2.75) is 58.2 Å². The molecule has 1 fully saturated rings. The van der Waals surface area contributed by atoms with E-state index in [0.717, 1.165) is 19.0 Å². The van der Waals surface area contributed by atoms with Crippen molar-refractivity contribution >= 4 is 11.3 Å². The Bertz CT molecular complexity index is 358. The number of rotatable bonds is 6. The molecule has 17 heavy (non-hydrogen) atoms. The van der Waals surface area contributed by atoms with Crippen LogP contribution in [0.5, 0.6) is 0 Å². The van der Waals surface area contributed by atoms with E-state index in [9.17, 15) is 5.11 Å². The van der Waals surface area contributed by atoms with Gasteiger partial charge in [0.2, 0.25) is 0 Å². The van der Waals surface area contributed by atoms with Gasteiger partial charge >= 0.3 is 0 Å². The molecule has 0 aromatic carbocycles. The maximum atomic E-state index is 9.50. The van der Waals surface area contributed by atoms with Gasteiger partial charge in [-0.3, -0.25) is 4.90 Å². The molecule has 1 heterocycles. The van der Waals surface area contributed by atoms with Crippen molar-refractivity contribution < 1.29 is 5.11 Å². The van der Waals surface area contributed by atoms with Crippen LogP contribution in [0.15, 0.2) is 6.20 Å². The Morgan fingerprint density at radius 2 is 2.18 bits per heavy atom. The van der Waals surface area contributed by atoms with E-state index in [4.69, 9.17) is 0 Å². The minimum Gasteiger partial charge on any atom is -0.392 e. The normalized spacial score (nSPS) is 18.0. The highest BCUT2D eigenvalue weighted by Gasteiger charge is 2.27. The summed E-state index contributed by atoms with van der Waals surface area (Å²) in [4.78, 5) is 8.12. The molecule has 0 radical (unpaired) electrons. The first-order valence-corrected chi connectivity index (χ1v) is 7.24. The SMILES string of the molecule is CC(O)CN(Cc1cnc(C2CC2)s1)C(C)C. The minimum absolute atomic E-state index is 0.270. The summed E-state index contributed by atoms with van der Waals surface area (Å²) in [6.45, 7) is 7.83.